The highest BCUT2D eigenvalue weighted by atomic mass is 19.4. The molecular weight excluding hydrogens is 311 g/mol. The van der Waals surface area contributed by atoms with Crippen LogP contribution in [-0.2, 0) is 0 Å². The minimum absolute atomic E-state index is 0.0412. The van der Waals surface area contributed by atoms with Gasteiger partial charge in [0.2, 0.25) is 0 Å². The highest BCUT2D eigenvalue weighted by molar-refractivity contribution is 5.31. The van der Waals surface area contributed by atoms with E-state index in [0.29, 0.717) is 24.5 Å². The second kappa shape index (κ2) is 7.88. The third-order valence-electron chi connectivity index (χ3n) is 3.94. The maximum Gasteiger partial charge on any atom is 0.393 e. The van der Waals surface area contributed by atoms with Crippen LogP contribution in [-0.4, -0.2) is 55.6 Å². The summed E-state index contributed by atoms with van der Waals surface area (Å²) in [6.45, 7) is 0.748. The predicted octanol–water partition coefficient (Wildman–Crippen LogP) is 2.71. The Hall–Kier alpha value is -1.47. The fraction of sp³-hybridized carbons (Fsp3) is 0.625. The van der Waals surface area contributed by atoms with Gasteiger partial charge in [-0.05, 0) is 43.7 Å². The number of nitrogens with zero attached hydrogens (tertiary/aromatic N) is 1. The molecule has 0 spiro atoms. The maximum absolute atomic E-state index is 12.8. The van der Waals surface area contributed by atoms with E-state index in [1.807, 2.05) is 0 Å². The number of hydrogen-bond acceptors (Lipinski definition) is 4. The molecule has 23 heavy (non-hydrogen) atoms. The monoisotopic (exact) mass is 333 g/mol. The summed E-state index contributed by atoms with van der Waals surface area (Å²) in [5, 5.41) is 9.98. The summed E-state index contributed by atoms with van der Waals surface area (Å²) in [5.41, 5.74) is 0. The van der Waals surface area contributed by atoms with E-state index in [4.69, 9.17) is 9.47 Å². The zero-order valence-electron chi connectivity index (χ0n) is 13.1. The van der Waals surface area contributed by atoms with Crippen molar-refractivity contribution in [1.82, 2.24) is 4.90 Å². The third kappa shape index (κ3) is 5.58. The molecule has 2 atom stereocenters. The first kappa shape index (κ1) is 17.9. The topological polar surface area (TPSA) is 41.9 Å². The number of ether oxygens (including phenoxy) is 2. The number of methoxy groups -OCH3 is 1. The first-order valence-corrected chi connectivity index (χ1v) is 7.62. The Morgan fingerprint density at radius 2 is 1.91 bits per heavy atom. The van der Waals surface area contributed by atoms with Gasteiger partial charge in [0.25, 0.3) is 0 Å². The average molecular weight is 333 g/mol. The largest absolute Gasteiger partial charge is 0.497 e. The van der Waals surface area contributed by atoms with E-state index in [9.17, 15) is 18.3 Å². The molecule has 4 nitrogen and oxygen atoms in total. The van der Waals surface area contributed by atoms with Crippen LogP contribution < -0.4 is 9.47 Å². The first-order chi connectivity index (χ1) is 10.9. The van der Waals surface area contributed by atoms with Gasteiger partial charge in [-0.3, -0.25) is 0 Å². The number of hydrogen-bond donors (Lipinski definition) is 1. The lowest BCUT2D eigenvalue weighted by molar-refractivity contribution is -0.187. The van der Waals surface area contributed by atoms with Gasteiger partial charge in [-0.15, -0.1) is 0 Å². The number of likely N-dealkylation sites (tertiary alicyclic amines) is 1. The van der Waals surface area contributed by atoms with Gasteiger partial charge in [0.05, 0.1) is 13.0 Å². The highest BCUT2D eigenvalue weighted by Crippen LogP contribution is 2.33. The number of piperidine rings is 1. The van der Waals surface area contributed by atoms with E-state index in [-0.39, 0.29) is 26.1 Å². The molecule has 0 saturated carbocycles. The summed E-state index contributed by atoms with van der Waals surface area (Å²) < 4.78 is 48.8. The van der Waals surface area contributed by atoms with Gasteiger partial charge >= 0.3 is 6.18 Å². The van der Waals surface area contributed by atoms with E-state index in [1.54, 1.807) is 36.3 Å². The van der Waals surface area contributed by atoms with Crippen molar-refractivity contribution in [3.05, 3.63) is 24.3 Å². The van der Waals surface area contributed by atoms with Gasteiger partial charge in [0, 0.05) is 13.1 Å². The van der Waals surface area contributed by atoms with Crippen molar-refractivity contribution < 1.29 is 27.8 Å². The Bertz CT molecular complexity index is 478. The van der Waals surface area contributed by atoms with Crippen LogP contribution in [0.25, 0.3) is 0 Å². The molecule has 2 rings (SSSR count). The zero-order valence-corrected chi connectivity index (χ0v) is 13.1. The molecule has 0 aliphatic carbocycles. The molecule has 1 aliphatic heterocycles. The molecule has 1 saturated heterocycles. The fourth-order valence-corrected chi connectivity index (χ4v) is 2.70. The second-order valence-electron chi connectivity index (χ2n) is 5.78. The smallest absolute Gasteiger partial charge is 0.393 e. The van der Waals surface area contributed by atoms with E-state index < -0.39 is 18.2 Å². The van der Waals surface area contributed by atoms with Crippen molar-refractivity contribution in [3.63, 3.8) is 0 Å². The van der Waals surface area contributed by atoms with E-state index in [1.165, 1.54) is 0 Å². The number of aliphatic hydroxyl groups excluding tert-OH is 1. The van der Waals surface area contributed by atoms with Gasteiger partial charge < -0.3 is 19.5 Å². The number of alkyl halides is 3. The van der Waals surface area contributed by atoms with Crippen molar-refractivity contribution in [1.29, 1.82) is 0 Å². The molecule has 0 amide bonds. The molecule has 1 aliphatic rings. The van der Waals surface area contributed by atoms with Gasteiger partial charge in [-0.2, -0.15) is 13.2 Å². The molecule has 0 radical (unpaired) electrons. The third-order valence-corrected chi connectivity index (χ3v) is 3.94. The maximum atomic E-state index is 12.8. The van der Waals surface area contributed by atoms with Crippen LogP contribution in [0.15, 0.2) is 24.3 Å². The quantitative estimate of drug-likeness (QED) is 0.869. The highest BCUT2D eigenvalue weighted by Gasteiger charge is 2.41. The summed E-state index contributed by atoms with van der Waals surface area (Å²) in [5.74, 6) is -0.0213. The zero-order chi connectivity index (χ0) is 16.9. The Labute approximate surface area is 133 Å². The lowest BCUT2D eigenvalue weighted by atomic mass is 9.97. The summed E-state index contributed by atoms with van der Waals surface area (Å²) >= 11 is 0. The Kier molecular flexibility index (Phi) is 6.12. The van der Waals surface area contributed by atoms with Crippen LogP contribution in [0.2, 0.25) is 0 Å². The van der Waals surface area contributed by atoms with Crippen molar-refractivity contribution >= 4 is 0 Å². The van der Waals surface area contributed by atoms with Crippen molar-refractivity contribution in [2.45, 2.75) is 25.1 Å². The van der Waals surface area contributed by atoms with Crippen LogP contribution in [0.3, 0.4) is 0 Å². The van der Waals surface area contributed by atoms with Gasteiger partial charge in [-0.25, -0.2) is 0 Å². The number of aliphatic hydroxyl groups is 1. The van der Waals surface area contributed by atoms with E-state index >= 15 is 0 Å². The predicted molar refractivity (Wildman–Crippen MR) is 79.7 cm³/mol. The fourth-order valence-electron chi connectivity index (χ4n) is 2.70. The summed E-state index contributed by atoms with van der Waals surface area (Å²) in [6.07, 6.45) is -4.33. The molecule has 1 heterocycles. The minimum Gasteiger partial charge on any atom is -0.497 e. The molecule has 0 bridgehead atoms. The molecular formula is C16H22F3NO3. The molecule has 1 aromatic carbocycles. The number of rotatable bonds is 6. The van der Waals surface area contributed by atoms with Crippen molar-refractivity contribution in [2.24, 2.45) is 5.92 Å². The van der Waals surface area contributed by atoms with Crippen LogP contribution in [0, 0.1) is 5.92 Å². The molecule has 2 unspecified atom stereocenters. The lowest BCUT2D eigenvalue weighted by Gasteiger charge is -2.34. The van der Waals surface area contributed by atoms with Crippen LogP contribution in [0.1, 0.15) is 12.8 Å². The molecule has 1 fully saturated rings. The lowest BCUT2D eigenvalue weighted by Crippen LogP contribution is -2.45. The minimum atomic E-state index is -4.16. The Morgan fingerprint density at radius 3 is 2.52 bits per heavy atom. The second-order valence-corrected chi connectivity index (χ2v) is 5.78. The summed E-state index contributed by atoms with van der Waals surface area (Å²) in [7, 11) is 1.56. The first-order valence-electron chi connectivity index (χ1n) is 7.62. The molecule has 1 aromatic rings. The van der Waals surface area contributed by atoms with Crippen LogP contribution >= 0.6 is 0 Å². The van der Waals surface area contributed by atoms with Crippen LogP contribution in [0.4, 0.5) is 13.2 Å². The van der Waals surface area contributed by atoms with Gasteiger partial charge in [-0.1, -0.05) is 0 Å². The van der Waals surface area contributed by atoms with Gasteiger partial charge in [0.1, 0.15) is 24.2 Å². The van der Waals surface area contributed by atoms with E-state index in [2.05, 4.69) is 0 Å². The van der Waals surface area contributed by atoms with Gasteiger partial charge in [0.15, 0.2) is 0 Å². The van der Waals surface area contributed by atoms with E-state index in [0.717, 1.165) is 0 Å². The Morgan fingerprint density at radius 1 is 1.26 bits per heavy atom. The normalized spacial score (nSPS) is 21.0. The summed E-state index contributed by atoms with van der Waals surface area (Å²) in [4.78, 5) is 1.66. The summed E-state index contributed by atoms with van der Waals surface area (Å²) in [6, 6.07) is 6.90. The number of benzene rings is 1. The SMILES string of the molecule is COc1ccc(OCC(O)CN2CCCC(C(F)(F)F)C2)cc1. The Balaban J connectivity index is 1.76. The standard InChI is InChI=1S/C16H22F3NO3/c1-22-14-4-6-15(7-5-14)23-11-13(21)10-20-8-2-3-12(9-20)16(17,18)19/h4-7,12-13,21H,2-3,8-11H2,1H3. The van der Waals surface area contributed by atoms with Crippen LogP contribution in [0.5, 0.6) is 11.5 Å². The number of β-amino-alcohol motifs (C(OH)–C–C–N with tert-alkyl or cyclic N) is 1. The molecule has 130 valence electrons. The average Bonchev–Trinajstić information content (AvgIpc) is 2.53. The van der Waals surface area contributed by atoms with Crippen molar-refractivity contribution in [3.8, 4) is 11.5 Å². The molecule has 0 aromatic heterocycles. The van der Waals surface area contributed by atoms with Crippen molar-refractivity contribution in [2.75, 3.05) is 33.4 Å². The molecule has 7 heteroatoms. The molecule has 1 N–H and O–H groups in total. The number of halogens is 3.